The van der Waals surface area contributed by atoms with Crippen molar-refractivity contribution in [1.82, 2.24) is 4.90 Å². The summed E-state index contributed by atoms with van der Waals surface area (Å²) in [5, 5.41) is 0. The number of amides is 1. The van der Waals surface area contributed by atoms with Crippen molar-refractivity contribution in [1.29, 1.82) is 0 Å². The van der Waals surface area contributed by atoms with Gasteiger partial charge in [0.25, 0.3) is 5.91 Å². The average molecular weight is 444 g/mol. The van der Waals surface area contributed by atoms with Gasteiger partial charge in [0.15, 0.2) is 11.5 Å². The Hall–Kier alpha value is -1.05. The van der Waals surface area contributed by atoms with Gasteiger partial charge in [-0.3, -0.25) is 9.69 Å². The lowest BCUT2D eigenvalue weighted by molar-refractivity contribution is -0.121. The molecular weight excluding hydrogens is 422 g/mol. The van der Waals surface area contributed by atoms with Crippen molar-refractivity contribution in [2.75, 3.05) is 13.2 Å². The van der Waals surface area contributed by atoms with Crippen molar-refractivity contribution in [2.45, 2.75) is 40.2 Å². The van der Waals surface area contributed by atoms with Crippen molar-refractivity contribution in [3.8, 4) is 11.5 Å². The fourth-order valence-corrected chi connectivity index (χ4v) is 4.19. The lowest BCUT2D eigenvalue weighted by Gasteiger charge is -2.18. The summed E-state index contributed by atoms with van der Waals surface area (Å²) in [4.78, 5) is 14.6. The molecule has 1 amide bonds. The van der Waals surface area contributed by atoms with Crippen molar-refractivity contribution < 1.29 is 14.3 Å². The first-order chi connectivity index (χ1) is 11.9. The zero-order valence-electron chi connectivity index (χ0n) is 14.8. The fraction of sp³-hybridized carbons (Fsp3) is 0.444. The van der Waals surface area contributed by atoms with Gasteiger partial charge in [0, 0.05) is 6.54 Å². The van der Waals surface area contributed by atoms with Crippen LogP contribution in [0.4, 0.5) is 0 Å². The Morgan fingerprint density at radius 1 is 1.36 bits per heavy atom. The predicted octanol–water partition coefficient (Wildman–Crippen LogP) is 5.25. The molecule has 2 rings (SSSR count). The van der Waals surface area contributed by atoms with Gasteiger partial charge in [-0.2, -0.15) is 0 Å². The van der Waals surface area contributed by atoms with Gasteiger partial charge < -0.3 is 9.47 Å². The van der Waals surface area contributed by atoms with E-state index in [-0.39, 0.29) is 12.0 Å². The molecule has 0 spiro atoms. The number of thioether (sulfide) groups is 1. The van der Waals surface area contributed by atoms with E-state index in [1.165, 1.54) is 11.8 Å². The quantitative estimate of drug-likeness (QED) is 0.425. The molecule has 1 aliphatic heterocycles. The maximum Gasteiger partial charge on any atom is 0.266 e. The molecule has 136 valence electrons. The van der Waals surface area contributed by atoms with E-state index in [1.807, 2.05) is 39.0 Å². The van der Waals surface area contributed by atoms with Crippen LogP contribution in [0.3, 0.4) is 0 Å². The van der Waals surface area contributed by atoms with Gasteiger partial charge in [-0.25, -0.2) is 0 Å². The number of thiocarbonyl (C=S) groups is 1. The minimum absolute atomic E-state index is 0.0495. The van der Waals surface area contributed by atoms with Crippen molar-refractivity contribution in [3.63, 3.8) is 0 Å². The van der Waals surface area contributed by atoms with Crippen molar-refractivity contribution >= 4 is 56.2 Å². The molecule has 4 nitrogen and oxygen atoms in total. The van der Waals surface area contributed by atoms with Crippen LogP contribution in [0.1, 0.15) is 39.7 Å². The molecule has 1 fully saturated rings. The van der Waals surface area contributed by atoms with E-state index in [4.69, 9.17) is 21.7 Å². The van der Waals surface area contributed by atoms with Gasteiger partial charge in [-0.1, -0.05) is 30.9 Å². The lowest BCUT2D eigenvalue weighted by atomic mass is 10.1. The van der Waals surface area contributed by atoms with E-state index in [2.05, 4.69) is 22.9 Å². The van der Waals surface area contributed by atoms with Gasteiger partial charge in [0.2, 0.25) is 0 Å². The lowest BCUT2D eigenvalue weighted by Crippen LogP contribution is -2.27. The summed E-state index contributed by atoms with van der Waals surface area (Å²) in [5.74, 6) is 1.30. The van der Waals surface area contributed by atoms with E-state index in [0.717, 1.165) is 16.5 Å². The van der Waals surface area contributed by atoms with Gasteiger partial charge in [-0.15, -0.1) is 0 Å². The molecule has 7 heteroatoms. The van der Waals surface area contributed by atoms with Crippen LogP contribution in [0.5, 0.6) is 11.5 Å². The number of ether oxygens (including phenoxy) is 2. The number of rotatable bonds is 7. The number of hydrogen-bond donors (Lipinski definition) is 0. The minimum atomic E-state index is -0.0495. The third-order valence-corrected chi connectivity index (χ3v) is 5.68. The molecule has 1 aliphatic rings. The Morgan fingerprint density at radius 3 is 2.64 bits per heavy atom. The number of likely N-dealkylation sites (N-methyl/N-ethyl adjacent to an activating group) is 1. The summed E-state index contributed by atoms with van der Waals surface area (Å²) in [6.45, 7) is 9.05. The Labute approximate surface area is 167 Å². The normalized spacial score (nSPS) is 17.3. The molecule has 1 aromatic rings. The molecule has 0 radical (unpaired) electrons. The minimum Gasteiger partial charge on any atom is -0.490 e. The van der Waals surface area contributed by atoms with Crippen LogP contribution in [-0.2, 0) is 4.79 Å². The standard InChI is InChI=1S/C18H22BrNO3S2/c1-5-11(4)23-16-13(19)8-12(9-14(16)22-7-3)10-15-17(21)20(6-2)18(24)25-15/h8-11H,5-7H2,1-4H3. The molecule has 25 heavy (non-hydrogen) atoms. The molecular formula is C18H22BrNO3S2. The highest BCUT2D eigenvalue weighted by Gasteiger charge is 2.30. The highest BCUT2D eigenvalue weighted by atomic mass is 79.9. The molecule has 1 saturated heterocycles. The molecule has 0 aliphatic carbocycles. The SMILES string of the molecule is CCOc1cc(C=C2SC(=S)N(CC)C2=O)cc(Br)c1OC(C)CC. The van der Waals surface area contributed by atoms with Crippen LogP contribution < -0.4 is 9.47 Å². The summed E-state index contributed by atoms with van der Waals surface area (Å²) in [6.07, 6.45) is 2.83. The maximum atomic E-state index is 12.4. The van der Waals surface area contributed by atoms with E-state index in [0.29, 0.717) is 33.9 Å². The van der Waals surface area contributed by atoms with E-state index in [9.17, 15) is 4.79 Å². The third kappa shape index (κ3) is 4.77. The molecule has 0 N–H and O–H groups in total. The highest BCUT2D eigenvalue weighted by Crippen LogP contribution is 2.40. The summed E-state index contributed by atoms with van der Waals surface area (Å²) < 4.78 is 13.1. The Bertz CT molecular complexity index is 706. The van der Waals surface area contributed by atoms with E-state index >= 15 is 0 Å². The summed E-state index contributed by atoms with van der Waals surface area (Å²) >= 11 is 10.1. The summed E-state index contributed by atoms with van der Waals surface area (Å²) in [7, 11) is 0. The van der Waals surface area contributed by atoms with E-state index < -0.39 is 0 Å². The first-order valence-electron chi connectivity index (χ1n) is 8.29. The Kier molecular flexibility index (Phi) is 7.34. The number of hydrogen-bond acceptors (Lipinski definition) is 5. The summed E-state index contributed by atoms with van der Waals surface area (Å²) in [5.41, 5.74) is 0.864. The highest BCUT2D eigenvalue weighted by molar-refractivity contribution is 9.10. The van der Waals surface area contributed by atoms with Crippen LogP contribution in [0.15, 0.2) is 21.5 Å². The fourth-order valence-electron chi connectivity index (χ4n) is 2.26. The Balaban J connectivity index is 2.38. The van der Waals surface area contributed by atoms with Crippen LogP contribution in [0.2, 0.25) is 0 Å². The van der Waals surface area contributed by atoms with Crippen molar-refractivity contribution in [2.24, 2.45) is 0 Å². The van der Waals surface area contributed by atoms with Gasteiger partial charge in [-0.05, 0) is 66.9 Å². The predicted molar refractivity (Wildman–Crippen MR) is 111 cm³/mol. The Morgan fingerprint density at radius 2 is 2.08 bits per heavy atom. The molecule has 1 atom stereocenters. The van der Waals surface area contributed by atoms with Crippen LogP contribution in [0, 0.1) is 0 Å². The maximum absolute atomic E-state index is 12.4. The molecule has 1 aromatic carbocycles. The second-order valence-corrected chi connectivity index (χ2v) is 8.06. The topological polar surface area (TPSA) is 38.8 Å². The zero-order chi connectivity index (χ0) is 18.6. The van der Waals surface area contributed by atoms with Gasteiger partial charge in [0.1, 0.15) is 4.32 Å². The number of carbonyl (C=O) groups excluding carboxylic acids is 1. The second-order valence-electron chi connectivity index (χ2n) is 5.53. The average Bonchev–Trinajstić information content (AvgIpc) is 2.84. The molecule has 0 saturated carbocycles. The molecule has 1 unspecified atom stereocenters. The third-order valence-electron chi connectivity index (χ3n) is 3.71. The van der Waals surface area contributed by atoms with Gasteiger partial charge >= 0.3 is 0 Å². The van der Waals surface area contributed by atoms with Crippen LogP contribution in [0.25, 0.3) is 6.08 Å². The molecule has 0 bridgehead atoms. The first kappa shape index (κ1) is 20.3. The monoisotopic (exact) mass is 443 g/mol. The molecule has 1 heterocycles. The van der Waals surface area contributed by atoms with E-state index in [1.54, 1.807) is 4.90 Å². The molecule has 0 aromatic heterocycles. The first-order valence-corrected chi connectivity index (χ1v) is 10.3. The smallest absolute Gasteiger partial charge is 0.266 e. The number of halogens is 1. The zero-order valence-corrected chi connectivity index (χ0v) is 18.0. The largest absolute Gasteiger partial charge is 0.490 e. The summed E-state index contributed by atoms with van der Waals surface area (Å²) in [6, 6.07) is 3.82. The second kappa shape index (κ2) is 9.05. The number of nitrogens with zero attached hydrogens (tertiary/aromatic N) is 1. The number of benzene rings is 1. The van der Waals surface area contributed by atoms with Crippen LogP contribution >= 0.6 is 39.9 Å². The van der Waals surface area contributed by atoms with Gasteiger partial charge in [0.05, 0.1) is 22.1 Å². The van der Waals surface area contributed by atoms with Crippen molar-refractivity contribution in [3.05, 3.63) is 27.1 Å². The van der Waals surface area contributed by atoms with Crippen LogP contribution in [-0.4, -0.2) is 34.4 Å². The number of carbonyl (C=O) groups is 1.